The van der Waals surface area contributed by atoms with Crippen LogP contribution >= 0.6 is 0 Å². The Morgan fingerprint density at radius 3 is 2.94 bits per heavy atom. The molecule has 17 heavy (non-hydrogen) atoms. The minimum Gasteiger partial charge on any atom is -0.284 e. The van der Waals surface area contributed by atoms with Crippen LogP contribution in [0.5, 0.6) is 0 Å². The van der Waals surface area contributed by atoms with Gasteiger partial charge in [-0.15, -0.1) is 0 Å². The lowest BCUT2D eigenvalue weighted by Crippen LogP contribution is -2.12. The van der Waals surface area contributed by atoms with Crippen LogP contribution in [-0.2, 0) is 16.4 Å². The molecule has 0 aromatic carbocycles. The van der Waals surface area contributed by atoms with Gasteiger partial charge in [0.25, 0.3) is 10.0 Å². The molecule has 3 N–H and O–H groups in total. The van der Waals surface area contributed by atoms with E-state index in [1.54, 1.807) is 6.07 Å². The second-order valence-corrected chi connectivity index (χ2v) is 5.25. The van der Waals surface area contributed by atoms with Crippen molar-refractivity contribution in [1.82, 2.24) is 20.4 Å². The third-order valence-corrected chi connectivity index (χ3v) is 3.49. The highest BCUT2D eigenvalue weighted by Gasteiger charge is 2.16. The third kappa shape index (κ3) is 2.64. The number of aromatic nitrogens is 4. The molecule has 0 spiro atoms. The first-order valence-electron chi connectivity index (χ1n) is 5.17. The monoisotopic (exact) mass is 255 g/mol. The zero-order valence-electron chi connectivity index (χ0n) is 9.27. The molecule has 0 radical (unpaired) electrons. The molecular weight excluding hydrogens is 242 g/mol. The Labute approximate surface area is 98.7 Å². The van der Waals surface area contributed by atoms with Gasteiger partial charge in [0.15, 0.2) is 5.82 Å². The molecule has 2 heterocycles. The summed E-state index contributed by atoms with van der Waals surface area (Å²) >= 11 is 0. The van der Waals surface area contributed by atoms with Gasteiger partial charge in [-0.05, 0) is 6.42 Å². The highest BCUT2D eigenvalue weighted by molar-refractivity contribution is 7.92. The van der Waals surface area contributed by atoms with E-state index in [1.807, 2.05) is 6.92 Å². The van der Waals surface area contributed by atoms with Crippen LogP contribution in [-0.4, -0.2) is 28.8 Å². The molecule has 0 bridgehead atoms. The average molecular weight is 255 g/mol. The average Bonchev–Trinajstić information content (AvgIpc) is 2.88. The van der Waals surface area contributed by atoms with E-state index in [2.05, 4.69) is 25.1 Å². The smallest absolute Gasteiger partial charge is 0.266 e. The van der Waals surface area contributed by atoms with Gasteiger partial charge in [-0.1, -0.05) is 13.3 Å². The number of rotatable bonds is 5. The molecule has 0 amide bonds. The second kappa shape index (κ2) is 4.58. The molecule has 2 aromatic heterocycles. The highest BCUT2D eigenvalue weighted by Crippen LogP contribution is 2.13. The summed E-state index contributed by atoms with van der Waals surface area (Å²) in [6.07, 6.45) is 4.35. The number of anilines is 1. The van der Waals surface area contributed by atoms with E-state index in [0.717, 1.165) is 18.5 Å². The number of hydrogen-bond donors (Lipinski definition) is 3. The normalized spacial score (nSPS) is 11.6. The zero-order valence-corrected chi connectivity index (χ0v) is 10.1. The van der Waals surface area contributed by atoms with E-state index in [0.29, 0.717) is 0 Å². The number of nitrogens with one attached hydrogen (secondary N) is 3. The molecular formula is C9H13N5O2S. The number of aromatic amines is 2. The van der Waals surface area contributed by atoms with Crippen molar-refractivity contribution in [3.8, 4) is 0 Å². The lowest BCUT2D eigenvalue weighted by Gasteiger charge is -2.00. The molecule has 0 atom stereocenters. The second-order valence-electron chi connectivity index (χ2n) is 3.57. The molecule has 92 valence electrons. The van der Waals surface area contributed by atoms with Crippen LogP contribution in [0.4, 0.5) is 5.82 Å². The Morgan fingerprint density at radius 2 is 2.29 bits per heavy atom. The van der Waals surface area contributed by atoms with E-state index in [-0.39, 0.29) is 10.7 Å². The molecule has 0 aliphatic rings. The summed E-state index contributed by atoms with van der Waals surface area (Å²) in [7, 11) is -3.60. The summed E-state index contributed by atoms with van der Waals surface area (Å²) in [4.78, 5) is 0.0811. The summed E-state index contributed by atoms with van der Waals surface area (Å²) in [6.45, 7) is 2.04. The van der Waals surface area contributed by atoms with Gasteiger partial charge < -0.3 is 0 Å². The van der Waals surface area contributed by atoms with Gasteiger partial charge in [-0.2, -0.15) is 10.2 Å². The summed E-state index contributed by atoms with van der Waals surface area (Å²) in [5.41, 5.74) is 0.900. The topological polar surface area (TPSA) is 104 Å². The summed E-state index contributed by atoms with van der Waals surface area (Å²) < 4.78 is 26.0. The predicted molar refractivity (Wildman–Crippen MR) is 62.0 cm³/mol. The van der Waals surface area contributed by atoms with E-state index in [9.17, 15) is 8.42 Å². The van der Waals surface area contributed by atoms with Gasteiger partial charge in [0.05, 0.1) is 6.20 Å². The zero-order chi connectivity index (χ0) is 12.3. The maximum atomic E-state index is 11.8. The van der Waals surface area contributed by atoms with Crippen molar-refractivity contribution in [3.05, 3.63) is 24.2 Å². The minimum absolute atomic E-state index is 0.0811. The first kappa shape index (κ1) is 11.6. The molecule has 2 aromatic rings. The molecule has 2 rings (SSSR count). The van der Waals surface area contributed by atoms with Gasteiger partial charge in [0.2, 0.25) is 0 Å². The number of H-pyrrole nitrogens is 2. The molecule has 8 heteroatoms. The Balaban J connectivity index is 2.15. The summed E-state index contributed by atoms with van der Waals surface area (Å²) in [6, 6.07) is 1.68. The molecule has 0 saturated heterocycles. The number of sulfonamides is 1. The van der Waals surface area contributed by atoms with Crippen molar-refractivity contribution in [3.63, 3.8) is 0 Å². The fraction of sp³-hybridized carbons (Fsp3) is 0.333. The van der Waals surface area contributed by atoms with Crippen LogP contribution in [0.25, 0.3) is 0 Å². The van der Waals surface area contributed by atoms with Crippen LogP contribution < -0.4 is 4.72 Å². The van der Waals surface area contributed by atoms with Gasteiger partial charge >= 0.3 is 0 Å². The van der Waals surface area contributed by atoms with E-state index in [4.69, 9.17) is 0 Å². The standard InChI is InChI=1S/C9H13N5O2S/c1-2-3-7-4-9(13-12-7)14-17(15,16)8-5-10-11-6-8/h4-6H,2-3H2,1H3,(H,10,11)(H2,12,13,14). The Kier molecular flexibility index (Phi) is 3.14. The lowest BCUT2D eigenvalue weighted by atomic mass is 10.2. The lowest BCUT2D eigenvalue weighted by molar-refractivity contribution is 0.601. The van der Waals surface area contributed by atoms with Crippen LogP contribution in [0.15, 0.2) is 23.4 Å². The fourth-order valence-electron chi connectivity index (χ4n) is 1.39. The van der Waals surface area contributed by atoms with Crippen molar-refractivity contribution in [2.45, 2.75) is 24.7 Å². The molecule has 0 unspecified atom stereocenters. The predicted octanol–water partition coefficient (Wildman–Crippen LogP) is 0.886. The number of aryl methyl sites for hydroxylation is 1. The number of nitrogens with zero attached hydrogens (tertiary/aromatic N) is 2. The van der Waals surface area contributed by atoms with Crippen LogP contribution in [0.1, 0.15) is 19.0 Å². The quantitative estimate of drug-likeness (QED) is 0.738. The first-order chi connectivity index (χ1) is 8.12. The summed E-state index contributed by atoms with van der Waals surface area (Å²) in [5.74, 6) is 0.287. The highest BCUT2D eigenvalue weighted by atomic mass is 32.2. The number of hydrogen-bond acceptors (Lipinski definition) is 4. The summed E-state index contributed by atoms with van der Waals surface area (Å²) in [5, 5.41) is 12.7. The fourth-order valence-corrected chi connectivity index (χ4v) is 2.29. The Hall–Kier alpha value is -1.83. The SMILES string of the molecule is CCCc1cc(NS(=O)(=O)c2cn[nH]c2)n[nH]1. The third-order valence-electron chi connectivity index (χ3n) is 2.17. The van der Waals surface area contributed by atoms with Crippen molar-refractivity contribution >= 4 is 15.8 Å². The van der Waals surface area contributed by atoms with Gasteiger partial charge in [-0.25, -0.2) is 8.42 Å². The van der Waals surface area contributed by atoms with Crippen molar-refractivity contribution in [2.75, 3.05) is 4.72 Å². The molecule has 0 aliphatic heterocycles. The molecule has 7 nitrogen and oxygen atoms in total. The first-order valence-corrected chi connectivity index (χ1v) is 6.66. The van der Waals surface area contributed by atoms with Crippen LogP contribution in [0.3, 0.4) is 0 Å². The molecule has 0 aliphatic carbocycles. The van der Waals surface area contributed by atoms with E-state index in [1.165, 1.54) is 12.4 Å². The largest absolute Gasteiger partial charge is 0.284 e. The van der Waals surface area contributed by atoms with Gasteiger partial charge in [0.1, 0.15) is 4.90 Å². The van der Waals surface area contributed by atoms with Crippen molar-refractivity contribution in [1.29, 1.82) is 0 Å². The maximum Gasteiger partial charge on any atom is 0.266 e. The van der Waals surface area contributed by atoms with Crippen molar-refractivity contribution < 1.29 is 8.42 Å². The minimum atomic E-state index is -3.60. The Morgan fingerprint density at radius 1 is 1.47 bits per heavy atom. The maximum absolute atomic E-state index is 11.8. The van der Waals surface area contributed by atoms with Crippen molar-refractivity contribution in [2.24, 2.45) is 0 Å². The Bertz CT molecular complexity index is 572. The molecule has 0 saturated carbocycles. The molecule has 0 fully saturated rings. The van der Waals surface area contributed by atoms with Gasteiger partial charge in [-0.3, -0.25) is 14.9 Å². The van der Waals surface area contributed by atoms with Crippen LogP contribution in [0.2, 0.25) is 0 Å². The van der Waals surface area contributed by atoms with E-state index >= 15 is 0 Å². The van der Waals surface area contributed by atoms with Crippen LogP contribution in [0, 0.1) is 0 Å². The van der Waals surface area contributed by atoms with Gasteiger partial charge in [0, 0.05) is 18.0 Å². The van der Waals surface area contributed by atoms with E-state index < -0.39 is 10.0 Å².